The third-order valence-electron chi connectivity index (χ3n) is 13.7. The lowest BCUT2D eigenvalue weighted by molar-refractivity contribution is 1.13. The Balaban J connectivity index is 1.11. The third kappa shape index (κ3) is 6.23. The van der Waals surface area contributed by atoms with E-state index in [1.54, 1.807) is 0 Å². The molecule has 0 saturated heterocycles. The molecule has 2 nitrogen and oxygen atoms in total. The molecule has 12 rings (SSSR count). The Morgan fingerprint density at radius 1 is 0.277 bits per heavy atom. The van der Waals surface area contributed by atoms with Gasteiger partial charge >= 0.3 is 0 Å². The van der Waals surface area contributed by atoms with E-state index in [0.717, 1.165) is 16.9 Å². The minimum atomic E-state index is -2.70. The van der Waals surface area contributed by atoms with Gasteiger partial charge < -0.3 is 9.13 Å². The predicted octanol–water partition coefficient (Wildman–Crippen LogP) is 13.2. The van der Waals surface area contributed by atoms with Gasteiger partial charge in [0.1, 0.15) is 0 Å². The first-order valence-electron chi connectivity index (χ1n) is 22.6. The van der Waals surface area contributed by atoms with Crippen LogP contribution in [0.4, 0.5) is 0 Å². The number of aryl methyl sites for hydroxylation is 2. The van der Waals surface area contributed by atoms with E-state index in [2.05, 4.69) is 266 Å². The monoisotopic (exact) mass is 846 g/mol. The van der Waals surface area contributed by atoms with Gasteiger partial charge in [-0.05, 0) is 117 Å². The highest BCUT2D eigenvalue weighted by Gasteiger charge is 2.41. The molecule has 65 heavy (non-hydrogen) atoms. The summed E-state index contributed by atoms with van der Waals surface area (Å²) < 4.78 is 4.93. The zero-order valence-corrected chi connectivity index (χ0v) is 37.5. The summed E-state index contributed by atoms with van der Waals surface area (Å²) in [4.78, 5) is 0. The number of hydrogen-bond acceptors (Lipinski definition) is 0. The van der Waals surface area contributed by atoms with Crippen LogP contribution < -0.4 is 20.7 Å². The number of aromatic nitrogens is 2. The highest BCUT2D eigenvalue weighted by molar-refractivity contribution is 7.19. The van der Waals surface area contributed by atoms with E-state index in [1.807, 2.05) is 0 Å². The molecule has 0 bridgehead atoms. The fourth-order valence-corrected chi connectivity index (χ4v) is 15.6. The van der Waals surface area contributed by atoms with Crippen LogP contribution in [0.3, 0.4) is 0 Å². The van der Waals surface area contributed by atoms with Gasteiger partial charge in [-0.1, -0.05) is 194 Å². The first-order valence-corrected chi connectivity index (χ1v) is 24.6. The molecule has 0 aliphatic heterocycles. The summed E-state index contributed by atoms with van der Waals surface area (Å²) in [7, 11) is -2.70. The van der Waals surface area contributed by atoms with E-state index in [-0.39, 0.29) is 0 Å². The topological polar surface area (TPSA) is 9.86 Å². The summed E-state index contributed by atoms with van der Waals surface area (Å²) in [5.41, 5.74) is 14.5. The SMILES string of the molecule is Cc1cccc(C)c1-c1ccc2c(c1)c1ccccc1n2-c1cc(-c2ccc([Si](c3ccccc3)(c3ccccc3)c3ccccc3)cc2)cc(-n2c3ccccc3c3ccccc32)c1. The van der Waals surface area contributed by atoms with E-state index < -0.39 is 8.07 Å². The lowest BCUT2D eigenvalue weighted by atomic mass is 9.95. The summed E-state index contributed by atoms with van der Waals surface area (Å²) in [6.07, 6.45) is 0. The van der Waals surface area contributed by atoms with Gasteiger partial charge in [-0.25, -0.2) is 0 Å². The number of benzene rings is 10. The minimum absolute atomic E-state index is 1.12. The Hall–Kier alpha value is -7.98. The molecule has 12 aromatic rings. The lowest BCUT2D eigenvalue weighted by Crippen LogP contribution is -2.74. The van der Waals surface area contributed by atoms with Crippen LogP contribution >= 0.6 is 0 Å². The molecule has 3 heteroatoms. The number of nitrogens with zero attached hydrogens (tertiary/aromatic N) is 2. The van der Waals surface area contributed by atoms with Crippen molar-refractivity contribution in [2.24, 2.45) is 0 Å². The molecule has 2 aromatic heterocycles. The summed E-state index contributed by atoms with van der Waals surface area (Å²) in [6.45, 7) is 4.44. The van der Waals surface area contributed by atoms with Crippen molar-refractivity contribution in [2.75, 3.05) is 0 Å². The second-order valence-corrected chi connectivity index (χ2v) is 21.2. The second-order valence-electron chi connectivity index (χ2n) is 17.4. The molecule has 0 radical (unpaired) electrons. The standard InChI is InChI=1S/C62H46N2Si/c1-43-19-18-20-44(2)62(43)46-35-38-61-57(41-46)56-29-14-17-32-60(56)64(61)49-40-47(39-48(42-49)63-58-30-15-12-27-54(58)55-28-13-16-31-59(55)63)45-33-36-53(37-34-45)65(50-21-6-3-7-22-50,51-23-8-4-9-24-51)52-25-10-5-11-26-52/h3-42H,1-2H3. The molecule has 0 fully saturated rings. The zero-order chi connectivity index (χ0) is 43.5. The van der Waals surface area contributed by atoms with Crippen LogP contribution in [0.5, 0.6) is 0 Å². The van der Waals surface area contributed by atoms with Crippen molar-refractivity contribution in [2.45, 2.75) is 13.8 Å². The van der Waals surface area contributed by atoms with E-state index in [9.17, 15) is 0 Å². The van der Waals surface area contributed by atoms with Crippen LogP contribution in [0.25, 0.3) is 77.2 Å². The quantitative estimate of drug-likeness (QED) is 0.107. The predicted molar refractivity (Wildman–Crippen MR) is 279 cm³/mol. The van der Waals surface area contributed by atoms with Crippen molar-refractivity contribution in [3.8, 4) is 33.6 Å². The maximum Gasteiger partial charge on any atom is 0.179 e. The number of rotatable bonds is 8. The second kappa shape index (κ2) is 15.7. The van der Waals surface area contributed by atoms with Crippen LogP contribution in [-0.2, 0) is 0 Å². The molecular weight excluding hydrogens is 801 g/mol. The van der Waals surface area contributed by atoms with Crippen molar-refractivity contribution < 1.29 is 0 Å². The molecule has 308 valence electrons. The molecule has 0 N–H and O–H groups in total. The smallest absolute Gasteiger partial charge is 0.179 e. The average molecular weight is 847 g/mol. The molecule has 0 spiro atoms. The summed E-state index contributed by atoms with van der Waals surface area (Å²) in [6, 6.07) is 90.4. The highest BCUT2D eigenvalue weighted by atomic mass is 28.3. The van der Waals surface area contributed by atoms with E-state index in [1.165, 1.54) is 92.2 Å². The fourth-order valence-electron chi connectivity index (χ4n) is 10.9. The van der Waals surface area contributed by atoms with Crippen molar-refractivity contribution in [1.29, 1.82) is 0 Å². The molecular formula is C62H46N2Si. The number of hydrogen-bond donors (Lipinski definition) is 0. The first-order chi connectivity index (χ1) is 32.1. The van der Waals surface area contributed by atoms with Crippen molar-refractivity contribution in [3.05, 3.63) is 254 Å². The highest BCUT2D eigenvalue weighted by Crippen LogP contribution is 2.39. The van der Waals surface area contributed by atoms with Gasteiger partial charge in [0.2, 0.25) is 0 Å². The number of fused-ring (bicyclic) bond motifs is 6. The summed E-state index contributed by atoms with van der Waals surface area (Å²) in [5.74, 6) is 0. The Bertz CT molecular complexity index is 3540. The molecule has 0 aliphatic rings. The van der Waals surface area contributed by atoms with Gasteiger partial charge in [0.15, 0.2) is 8.07 Å². The Kier molecular flexibility index (Phi) is 9.32. The van der Waals surface area contributed by atoms with Gasteiger partial charge in [-0.2, -0.15) is 0 Å². The normalized spacial score (nSPS) is 11.8. The maximum absolute atomic E-state index is 2.70. The van der Waals surface area contributed by atoms with E-state index in [0.29, 0.717) is 0 Å². The third-order valence-corrected chi connectivity index (χ3v) is 18.5. The van der Waals surface area contributed by atoms with E-state index in [4.69, 9.17) is 0 Å². The van der Waals surface area contributed by atoms with Crippen LogP contribution in [0.1, 0.15) is 11.1 Å². The molecule has 10 aromatic carbocycles. The van der Waals surface area contributed by atoms with Gasteiger partial charge in [0.05, 0.1) is 22.1 Å². The van der Waals surface area contributed by atoms with Gasteiger partial charge in [-0.15, -0.1) is 0 Å². The van der Waals surface area contributed by atoms with Crippen molar-refractivity contribution in [1.82, 2.24) is 9.13 Å². The Morgan fingerprint density at radius 2 is 0.662 bits per heavy atom. The molecule has 0 amide bonds. The van der Waals surface area contributed by atoms with Crippen LogP contribution in [0.15, 0.2) is 243 Å². The maximum atomic E-state index is 2.48. The molecule has 2 heterocycles. The number of para-hydroxylation sites is 3. The average Bonchev–Trinajstić information content (AvgIpc) is 3.88. The fraction of sp³-hybridized carbons (Fsp3) is 0.0323. The minimum Gasteiger partial charge on any atom is -0.309 e. The zero-order valence-electron chi connectivity index (χ0n) is 36.5. The van der Waals surface area contributed by atoms with Crippen molar-refractivity contribution >= 4 is 72.4 Å². The van der Waals surface area contributed by atoms with Crippen molar-refractivity contribution in [3.63, 3.8) is 0 Å². The summed E-state index contributed by atoms with van der Waals surface area (Å²) in [5, 5.41) is 10.4. The molecule has 0 unspecified atom stereocenters. The summed E-state index contributed by atoms with van der Waals surface area (Å²) >= 11 is 0. The van der Waals surface area contributed by atoms with Gasteiger partial charge in [-0.3, -0.25) is 0 Å². The Morgan fingerprint density at radius 3 is 1.14 bits per heavy atom. The molecule has 0 aliphatic carbocycles. The van der Waals surface area contributed by atoms with Crippen LogP contribution in [0.2, 0.25) is 0 Å². The van der Waals surface area contributed by atoms with Gasteiger partial charge in [0, 0.05) is 32.9 Å². The lowest BCUT2D eigenvalue weighted by Gasteiger charge is -2.34. The van der Waals surface area contributed by atoms with Crippen LogP contribution in [-0.4, -0.2) is 17.2 Å². The molecule has 0 atom stereocenters. The first kappa shape index (κ1) is 38.7. The van der Waals surface area contributed by atoms with E-state index >= 15 is 0 Å². The molecule has 0 saturated carbocycles. The Labute approximate surface area is 381 Å². The van der Waals surface area contributed by atoms with Crippen LogP contribution in [0, 0.1) is 13.8 Å². The largest absolute Gasteiger partial charge is 0.309 e. The van der Waals surface area contributed by atoms with Gasteiger partial charge in [0.25, 0.3) is 0 Å².